The molecule has 0 unspecified atom stereocenters. The maximum atomic E-state index is 12.1. The number of hydrogen-bond donors (Lipinski definition) is 0. The van der Waals surface area contributed by atoms with Crippen LogP contribution < -0.4 is 9.47 Å². The van der Waals surface area contributed by atoms with Crippen molar-refractivity contribution in [2.24, 2.45) is 0 Å². The molecule has 0 atom stereocenters. The molecule has 0 bridgehead atoms. The van der Waals surface area contributed by atoms with Gasteiger partial charge in [0.05, 0.1) is 7.11 Å². The van der Waals surface area contributed by atoms with Gasteiger partial charge in [0.1, 0.15) is 0 Å². The fourth-order valence-electron chi connectivity index (χ4n) is 0.963. The number of halogens is 5. The van der Waals surface area contributed by atoms with Crippen LogP contribution in [0.1, 0.15) is 0 Å². The summed E-state index contributed by atoms with van der Waals surface area (Å²) in [5.41, 5.74) is 0. The van der Waals surface area contributed by atoms with Crippen molar-refractivity contribution in [2.45, 2.75) is 11.3 Å². The van der Waals surface area contributed by atoms with Crippen molar-refractivity contribution in [1.29, 1.82) is 0 Å². The SMILES string of the molecule is COc1cc(Br)c(S(=O)(=O)Cl)c(OC(F)(F)F)n1. The fraction of sp³-hybridized carbons (Fsp3) is 0.286. The third kappa shape index (κ3) is 3.89. The van der Waals surface area contributed by atoms with Gasteiger partial charge in [-0.1, -0.05) is 0 Å². The maximum absolute atomic E-state index is 12.1. The van der Waals surface area contributed by atoms with E-state index in [4.69, 9.17) is 10.7 Å². The number of ether oxygens (including phenoxy) is 2. The average molecular weight is 371 g/mol. The Labute approximate surface area is 112 Å². The first-order valence-electron chi connectivity index (χ1n) is 3.99. The van der Waals surface area contributed by atoms with Gasteiger partial charge >= 0.3 is 6.36 Å². The normalized spacial score (nSPS) is 12.3. The van der Waals surface area contributed by atoms with Gasteiger partial charge in [-0.15, -0.1) is 13.2 Å². The Bertz CT molecular complexity index is 563. The predicted molar refractivity (Wildman–Crippen MR) is 58.2 cm³/mol. The zero-order valence-corrected chi connectivity index (χ0v) is 11.6. The molecule has 1 aromatic heterocycles. The third-order valence-electron chi connectivity index (χ3n) is 1.54. The summed E-state index contributed by atoms with van der Waals surface area (Å²) in [7, 11) is 1.67. The predicted octanol–water partition coefficient (Wildman–Crippen LogP) is 2.68. The number of alkyl halides is 3. The van der Waals surface area contributed by atoms with E-state index in [1.54, 1.807) is 0 Å². The lowest BCUT2D eigenvalue weighted by Crippen LogP contribution is -2.19. The first-order valence-corrected chi connectivity index (χ1v) is 7.10. The van der Waals surface area contributed by atoms with Crippen LogP contribution in [0.5, 0.6) is 11.8 Å². The summed E-state index contributed by atoms with van der Waals surface area (Å²) in [6.45, 7) is 0. The quantitative estimate of drug-likeness (QED) is 0.766. The van der Waals surface area contributed by atoms with Gasteiger partial charge in [-0.2, -0.15) is 4.98 Å². The first kappa shape index (κ1) is 15.3. The minimum atomic E-state index is -5.12. The Hall–Kier alpha value is -0.740. The summed E-state index contributed by atoms with van der Waals surface area (Å²) < 4.78 is 66.5. The molecule has 0 spiro atoms. The van der Waals surface area contributed by atoms with Crippen LogP contribution in [-0.2, 0) is 9.05 Å². The smallest absolute Gasteiger partial charge is 0.481 e. The van der Waals surface area contributed by atoms with E-state index < -0.39 is 26.2 Å². The molecule has 0 N–H and O–H groups in total. The van der Waals surface area contributed by atoms with E-state index in [0.29, 0.717) is 0 Å². The second kappa shape index (κ2) is 5.10. The highest BCUT2D eigenvalue weighted by molar-refractivity contribution is 9.10. The van der Waals surface area contributed by atoms with Gasteiger partial charge < -0.3 is 9.47 Å². The Morgan fingerprint density at radius 1 is 1.44 bits per heavy atom. The molecule has 1 heterocycles. The molecule has 0 saturated carbocycles. The number of methoxy groups -OCH3 is 1. The molecule has 0 aliphatic carbocycles. The van der Waals surface area contributed by atoms with Gasteiger partial charge in [-0.3, -0.25) is 0 Å². The summed E-state index contributed by atoms with van der Waals surface area (Å²) in [5, 5.41) is 0. The molecule has 1 rings (SSSR count). The van der Waals surface area contributed by atoms with Crippen molar-refractivity contribution in [3.63, 3.8) is 0 Å². The van der Waals surface area contributed by atoms with Gasteiger partial charge in [0.2, 0.25) is 11.8 Å². The Morgan fingerprint density at radius 3 is 2.39 bits per heavy atom. The second-order valence-corrected chi connectivity index (χ2v) is 6.12. The molecule has 1 aromatic rings. The van der Waals surface area contributed by atoms with Crippen LogP contribution in [0.2, 0.25) is 0 Å². The van der Waals surface area contributed by atoms with Crippen LogP contribution in [0.15, 0.2) is 15.4 Å². The lowest BCUT2D eigenvalue weighted by molar-refractivity contribution is -0.277. The third-order valence-corrected chi connectivity index (χ3v) is 3.77. The van der Waals surface area contributed by atoms with Crippen LogP contribution in [0.25, 0.3) is 0 Å². The van der Waals surface area contributed by atoms with Crippen LogP contribution >= 0.6 is 26.6 Å². The molecule has 0 aliphatic rings. The average Bonchev–Trinajstić information content (AvgIpc) is 2.11. The molecule has 0 saturated heterocycles. The van der Waals surface area contributed by atoms with Crippen LogP contribution in [0, 0.1) is 0 Å². The van der Waals surface area contributed by atoms with Crippen molar-refractivity contribution < 1.29 is 31.1 Å². The zero-order chi connectivity index (χ0) is 14.1. The molecule has 11 heteroatoms. The molecule has 18 heavy (non-hydrogen) atoms. The number of nitrogens with zero attached hydrogens (tertiary/aromatic N) is 1. The number of hydrogen-bond acceptors (Lipinski definition) is 5. The minimum Gasteiger partial charge on any atom is -0.481 e. The van der Waals surface area contributed by atoms with E-state index in [9.17, 15) is 21.6 Å². The second-order valence-electron chi connectivity index (χ2n) is 2.77. The number of rotatable bonds is 3. The molecule has 0 amide bonds. The van der Waals surface area contributed by atoms with E-state index in [0.717, 1.165) is 13.2 Å². The molecular weight excluding hydrogens is 366 g/mol. The Balaban J connectivity index is 3.49. The number of pyridine rings is 1. The lowest BCUT2D eigenvalue weighted by atomic mass is 10.4. The molecule has 0 aliphatic heterocycles. The number of aromatic nitrogens is 1. The highest BCUT2D eigenvalue weighted by Crippen LogP contribution is 2.37. The molecule has 5 nitrogen and oxygen atoms in total. The molecule has 102 valence electrons. The monoisotopic (exact) mass is 369 g/mol. The Kier molecular flexibility index (Phi) is 4.34. The molecular formula is C7H4BrClF3NO4S. The standard InChI is InChI=1S/C7H4BrClF3NO4S/c1-16-4-2-3(8)5(18(9,14)15)6(13-4)17-7(10,11)12/h2H,1H3. The topological polar surface area (TPSA) is 65.5 Å². The van der Waals surface area contributed by atoms with Gasteiger partial charge in [-0.05, 0) is 15.9 Å². The summed E-state index contributed by atoms with van der Waals surface area (Å²) in [6, 6.07) is 1.04. The summed E-state index contributed by atoms with van der Waals surface area (Å²) in [5.74, 6) is -1.49. The molecule has 0 fully saturated rings. The van der Waals surface area contributed by atoms with Crippen molar-refractivity contribution in [3.05, 3.63) is 10.5 Å². The summed E-state index contributed by atoms with van der Waals surface area (Å²) in [4.78, 5) is 2.32. The van der Waals surface area contributed by atoms with Gasteiger partial charge in [-0.25, -0.2) is 8.42 Å². The van der Waals surface area contributed by atoms with Crippen LogP contribution in [0.4, 0.5) is 13.2 Å². The minimum absolute atomic E-state index is 0.261. The largest absolute Gasteiger partial charge is 0.574 e. The maximum Gasteiger partial charge on any atom is 0.574 e. The van der Waals surface area contributed by atoms with Crippen molar-refractivity contribution in [1.82, 2.24) is 4.98 Å². The van der Waals surface area contributed by atoms with Crippen LogP contribution in [-0.4, -0.2) is 26.9 Å². The van der Waals surface area contributed by atoms with Gasteiger partial charge in [0.25, 0.3) is 9.05 Å². The van der Waals surface area contributed by atoms with Crippen molar-refractivity contribution in [2.75, 3.05) is 7.11 Å². The first-order chi connectivity index (χ1) is 8.04. The summed E-state index contributed by atoms with van der Waals surface area (Å²) in [6.07, 6.45) is -5.12. The Morgan fingerprint density at radius 2 is 2.00 bits per heavy atom. The van der Waals surface area contributed by atoms with Gasteiger partial charge in [0.15, 0.2) is 4.90 Å². The van der Waals surface area contributed by atoms with E-state index in [-0.39, 0.29) is 10.4 Å². The van der Waals surface area contributed by atoms with E-state index in [2.05, 4.69) is 30.4 Å². The van der Waals surface area contributed by atoms with Crippen LogP contribution in [0.3, 0.4) is 0 Å². The van der Waals surface area contributed by atoms with E-state index in [1.807, 2.05) is 0 Å². The lowest BCUT2D eigenvalue weighted by Gasteiger charge is -2.12. The molecule has 0 radical (unpaired) electrons. The summed E-state index contributed by atoms with van der Waals surface area (Å²) >= 11 is 2.75. The van der Waals surface area contributed by atoms with E-state index >= 15 is 0 Å². The van der Waals surface area contributed by atoms with Gasteiger partial charge in [0, 0.05) is 21.2 Å². The van der Waals surface area contributed by atoms with Crippen molar-refractivity contribution >= 4 is 35.7 Å². The highest BCUT2D eigenvalue weighted by Gasteiger charge is 2.36. The fourth-order valence-corrected chi connectivity index (χ4v) is 3.28. The molecule has 0 aromatic carbocycles. The highest BCUT2D eigenvalue weighted by atomic mass is 79.9. The zero-order valence-electron chi connectivity index (χ0n) is 8.46. The van der Waals surface area contributed by atoms with E-state index in [1.165, 1.54) is 0 Å². The van der Waals surface area contributed by atoms with Crippen molar-refractivity contribution in [3.8, 4) is 11.8 Å².